The molecule has 2 heterocycles. The van der Waals surface area contributed by atoms with Crippen LogP contribution in [0.1, 0.15) is 24.3 Å². The lowest BCUT2D eigenvalue weighted by Gasteiger charge is -2.24. The van der Waals surface area contributed by atoms with Crippen LogP contribution >= 0.6 is 11.6 Å². The van der Waals surface area contributed by atoms with Crippen LogP contribution in [-0.2, 0) is 6.54 Å². The van der Waals surface area contributed by atoms with Gasteiger partial charge in [0.25, 0.3) is 5.91 Å². The normalized spacial score (nSPS) is 14.6. The summed E-state index contributed by atoms with van der Waals surface area (Å²) in [5.41, 5.74) is 0.616. The molecular formula is C10H15ClN2O. The van der Waals surface area contributed by atoms with Gasteiger partial charge in [-0.15, -0.1) is 0 Å². The van der Waals surface area contributed by atoms with Crippen molar-refractivity contribution in [3.05, 3.63) is 23.0 Å². The van der Waals surface area contributed by atoms with Gasteiger partial charge in [-0.2, -0.15) is 0 Å². The van der Waals surface area contributed by atoms with Crippen molar-refractivity contribution in [2.24, 2.45) is 0 Å². The van der Waals surface area contributed by atoms with E-state index in [0.29, 0.717) is 10.7 Å². The molecule has 0 aliphatic carbocycles. The van der Waals surface area contributed by atoms with E-state index in [1.807, 2.05) is 24.6 Å². The molecule has 0 aromatic carbocycles. The van der Waals surface area contributed by atoms with Gasteiger partial charge in [-0.1, -0.05) is 25.4 Å². The van der Waals surface area contributed by atoms with Gasteiger partial charge in [0, 0.05) is 26.3 Å². The number of amides is 1. The molecule has 1 aromatic heterocycles. The van der Waals surface area contributed by atoms with Crippen molar-refractivity contribution in [3.8, 4) is 0 Å². The monoisotopic (exact) mass is 214 g/mol. The predicted molar refractivity (Wildman–Crippen MR) is 57.8 cm³/mol. The summed E-state index contributed by atoms with van der Waals surface area (Å²) in [5.74, 6) is 0.0104. The average molecular weight is 215 g/mol. The lowest BCUT2D eigenvalue weighted by Crippen LogP contribution is -2.36. The molecule has 0 fully saturated rings. The largest absolute Gasteiger partial charge is 0.340 e. The Morgan fingerprint density at radius 2 is 2.00 bits per heavy atom. The second kappa shape index (κ2) is 4.51. The molecule has 3 nitrogen and oxygen atoms in total. The summed E-state index contributed by atoms with van der Waals surface area (Å²) < 4.78 is 1.89. The summed E-state index contributed by atoms with van der Waals surface area (Å²) in [5, 5.41) is 0.548. The summed E-state index contributed by atoms with van der Waals surface area (Å²) in [4.78, 5) is 13.2. The Hall–Kier alpha value is -0.960. The van der Waals surface area contributed by atoms with Crippen LogP contribution in [0, 0.1) is 0 Å². The highest BCUT2D eigenvalue weighted by Gasteiger charge is 2.23. The van der Waals surface area contributed by atoms with Gasteiger partial charge in [0.1, 0.15) is 5.69 Å². The Labute approximate surface area is 89.3 Å². The van der Waals surface area contributed by atoms with E-state index in [0.717, 1.165) is 13.1 Å². The highest BCUT2D eigenvalue weighted by molar-refractivity contribution is 6.33. The summed E-state index contributed by atoms with van der Waals surface area (Å²) in [6.07, 6.45) is 1.85. The van der Waals surface area contributed by atoms with Crippen LogP contribution < -0.4 is 0 Å². The Balaban J connectivity index is 0.000000461. The van der Waals surface area contributed by atoms with E-state index < -0.39 is 0 Å². The summed E-state index contributed by atoms with van der Waals surface area (Å²) in [6, 6.07) is 1.76. The predicted octanol–water partition coefficient (Wildman–Crippen LogP) is 2.25. The molecule has 0 N–H and O–H groups in total. The lowest BCUT2D eigenvalue weighted by atomic mass is 10.3. The Kier molecular flexibility index (Phi) is 3.58. The third-order valence-corrected chi connectivity index (χ3v) is 2.44. The molecule has 0 atom stereocenters. The van der Waals surface area contributed by atoms with E-state index in [1.54, 1.807) is 18.0 Å². The van der Waals surface area contributed by atoms with E-state index in [1.165, 1.54) is 0 Å². The van der Waals surface area contributed by atoms with Crippen molar-refractivity contribution in [2.75, 3.05) is 13.6 Å². The van der Waals surface area contributed by atoms with Crippen LogP contribution in [0.5, 0.6) is 0 Å². The first-order valence-electron chi connectivity index (χ1n) is 4.80. The minimum Gasteiger partial charge on any atom is -0.340 e. The van der Waals surface area contributed by atoms with Crippen molar-refractivity contribution < 1.29 is 4.79 Å². The zero-order valence-electron chi connectivity index (χ0n) is 8.75. The molecule has 4 heteroatoms. The van der Waals surface area contributed by atoms with E-state index in [9.17, 15) is 4.79 Å². The number of fused-ring (bicyclic) bond motifs is 1. The van der Waals surface area contributed by atoms with E-state index >= 15 is 0 Å². The second-order valence-electron chi connectivity index (χ2n) is 2.93. The smallest absolute Gasteiger partial charge is 0.271 e. The number of rotatable bonds is 0. The molecule has 0 bridgehead atoms. The maximum absolute atomic E-state index is 11.5. The van der Waals surface area contributed by atoms with Crippen molar-refractivity contribution in [1.82, 2.24) is 9.47 Å². The zero-order chi connectivity index (χ0) is 10.7. The summed E-state index contributed by atoms with van der Waals surface area (Å²) in [7, 11) is 1.79. The SMILES string of the molecule is CC.CN1CCn2ccc(Cl)c2C1=O. The molecule has 0 radical (unpaired) electrons. The van der Waals surface area contributed by atoms with Gasteiger partial charge < -0.3 is 9.47 Å². The Morgan fingerprint density at radius 3 is 2.64 bits per heavy atom. The van der Waals surface area contributed by atoms with Crippen LogP contribution in [0.3, 0.4) is 0 Å². The molecule has 1 aliphatic heterocycles. The fourth-order valence-electron chi connectivity index (χ4n) is 1.40. The average Bonchev–Trinajstić information content (AvgIpc) is 2.58. The minimum absolute atomic E-state index is 0.0104. The van der Waals surface area contributed by atoms with Crippen LogP contribution in [0.25, 0.3) is 0 Å². The molecule has 2 rings (SSSR count). The van der Waals surface area contributed by atoms with Crippen LogP contribution in [-0.4, -0.2) is 29.0 Å². The molecule has 1 aliphatic rings. The quantitative estimate of drug-likeness (QED) is 0.651. The van der Waals surface area contributed by atoms with Gasteiger partial charge in [0.15, 0.2) is 0 Å². The highest BCUT2D eigenvalue weighted by Crippen LogP contribution is 2.21. The summed E-state index contributed by atoms with van der Waals surface area (Å²) >= 11 is 5.85. The number of likely N-dealkylation sites (N-methyl/N-ethyl adjacent to an activating group) is 1. The van der Waals surface area contributed by atoms with Gasteiger partial charge in [-0.25, -0.2) is 0 Å². The second-order valence-corrected chi connectivity index (χ2v) is 3.34. The topological polar surface area (TPSA) is 25.2 Å². The Bertz CT molecular complexity index is 333. The molecule has 0 unspecified atom stereocenters. The van der Waals surface area contributed by atoms with Gasteiger partial charge >= 0.3 is 0 Å². The molecule has 14 heavy (non-hydrogen) atoms. The fourth-order valence-corrected chi connectivity index (χ4v) is 1.64. The van der Waals surface area contributed by atoms with Crippen LogP contribution in [0.4, 0.5) is 0 Å². The number of nitrogens with zero attached hydrogens (tertiary/aromatic N) is 2. The van der Waals surface area contributed by atoms with Crippen LogP contribution in [0.2, 0.25) is 5.02 Å². The van der Waals surface area contributed by atoms with Crippen molar-refractivity contribution >= 4 is 17.5 Å². The number of halogens is 1. The number of carbonyl (C=O) groups excluding carboxylic acids is 1. The van der Waals surface area contributed by atoms with E-state index in [-0.39, 0.29) is 5.91 Å². The van der Waals surface area contributed by atoms with Crippen molar-refractivity contribution in [2.45, 2.75) is 20.4 Å². The minimum atomic E-state index is 0.0104. The lowest BCUT2D eigenvalue weighted by molar-refractivity contribution is 0.0749. The van der Waals surface area contributed by atoms with Crippen LogP contribution in [0.15, 0.2) is 12.3 Å². The molecule has 1 aromatic rings. The molecule has 78 valence electrons. The van der Waals surface area contributed by atoms with Gasteiger partial charge in [0.2, 0.25) is 0 Å². The zero-order valence-corrected chi connectivity index (χ0v) is 9.51. The first-order valence-corrected chi connectivity index (χ1v) is 5.18. The standard InChI is InChI=1S/C8H9ClN2O.C2H6/c1-10-4-5-11-3-2-6(9)7(11)8(10)12;1-2/h2-3H,4-5H2,1H3;1-2H3. The maximum Gasteiger partial charge on any atom is 0.271 e. The fraction of sp³-hybridized carbons (Fsp3) is 0.500. The number of hydrogen-bond donors (Lipinski definition) is 0. The number of aromatic nitrogens is 1. The third kappa shape index (κ3) is 1.77. The molecule has 0 spiro atoms. The molecular weight excluding hydrogens is 200 g/mol. The van der Waals surface area contributed by atoms with Gasteiger partial charge in [-0.3, -0.25) is 4.79 Å². The number of carbonyl (C=O) groups is 1. The molecule has 0 saturated heterocycles. The van der Waals surface area contributed by atoms with Gasteiger partial charge in [-0.05, 0) is 6.07 Å². The van der Waals surface area contributed by atoms with E-state index in [2.05, 4.69) is 0 Å². The maximum atomic E-state index is 11.5. The van der Waals surface area contributed by atoms with Crippen molar-refractivity contribution in [1.29, 1.82) is 0 Å². The molecule has 1 amide bonds. The van der Waals surface area contributed by atoms with E-state index in [4.69, 9.17) is 11.6 Å². The van der Waals surface area contributed by atoms with Gasteiger partial charge in [0.05, 0.1) is 5.02 Å². The highest BCUT2D eigenvalue weighted by atomic mass is 35.5. The first-order chi connectivity index (χ1) is 6.70. The Morgan fingerprint density at radius 1 is 1.36 bits per heavy atom. The van der Waals surface area contributed by atoms with Crippen molar-refractivity contribution in [3.63, 3.8) is 0 Å². The first kappa shape index (κ1) is 11.1. The number of hydrogen-bond acceptors (Lipinski definition) is 1. The summed E-state index contributed by atoms with van der Waals surface area (Å²) in [6.45, 7) is 5.60. The third-order valence-electron chi connectivity index (χ3n) is 2.14. The molecule has 0 saturated carbocycles.